The largest absolute Gasteiger partial charge is 0.493 e. The van der Waals surface area contributed by atoms with Crippen molar-refractivity contribution in [2.24, 2.45) is 0 Å². The third-order valence-electron chi connectivity index (χ3n) is 5.91. The molecule has 3 aromatic rings. The maximum absolute atomic E-state index is 13.8. The summed E-state index contributed by atoms with van der Waals surface area (Å²) in [5, 5.41) is 0. The van der Waals surface area contributed by atoms with Crippen LogP contribution in [0.1, 0.15) is 22.7 Å². The third kappa shape index (κ3) is 5.19. The van der Waals surface area contributed by atoms with Gasteiger partial charge in [0.2, 0.25) is 10.0 Å². The van der Waals surface area contributed by atoms with Gasteiger partial charge >= 0.3 is 0 Å². The van der Waals surface area contributed by atoms with Gasteiger partial charge in [0.15, 0.2) is 11.5 Å². The molecule has 4 rings (SSSR count). The minimum atomic E-state index is -3.69. The number of methoxy groups -OCH3 is 2. The first kappa shape index (κ1) is 23.2. The van der Waals surface area contributed by atoms with Gasteiger partial charge in [-0.1, -0.05) is 30.3 Å². The van der Waals surface area contributed by atoms with Gasteiger partial charge in [-0.15, -0.1) is 0 Å². The molecule has 0 fully saturated rings. The molecular formula is C25H27FN2O4S. The molecule has 0 unspecified atom stereocenters. The van der Waals surface area contributed by atoms with E-state index in [4.69, 9.17) is 9.47 Å². The molecule has 0 saturated heterocycles. The van der Waals surface area contributed by atoms with Crippen LogP contribution in [-0.4, -0.2) is 40.6 Å². The van der Waals surface area contributed by atoms with E-state index in [1.54, 1.807) is 50.6 Å². The molecule has 174 valence electrons. The lowest BCUT2D eigenvalue weighted by molar-refractivity contribution is 0.176. The van der Waals surface area contributed by atoms with Gasteiger partial charge in [-0.3, -0.25) is 4.90 Å². The van der Waals surface area contributed by atoms with E-state index in [-0.39, 0.29) is 23.3 Å². The second kappa shape index (κ2) is 9.91. The van der Waals surface area contributed by atoms with Crippen molar-refractivity contribution in [3.05, 3.63) is 89.2 Å². The Morgan fingerprint density at radius 2 is 1.73 bits per heavy atom. The van der Waals surface area contributed by atoms with Crippen LogP contribution in [0.5, 0.6) is 11.5 Å². The zero-order valence-electron chi connectivity index (χ0n) is 18.6. The van der Waals surface area contributed by atoms with Crippen molar-refractivity contribution in [1.29, 1.82) is 0 Å². The molecule has 0 saturated carbocycles. The highest BCUT2D eigenvalue weighted by Gasteiger charge is 2.30. The van der Waals surface area contributed by atoms with Crippen LogP contribution in [0, 0.1) is 5.82 Å². The third-order valence-corrected chi connectivity index (χ3v) is 7.35. The van der Waals surface area contributed by atoms with E-state index in [1.165, 1.54) is 12.1 Å². The van der Waals surface area contributed by atoms with E-state index in [1.807, 2.05) is 18.2 Å². The smallest absolute Gasteiger partial charge is 0.240 e. The van der Waals surface area contributed by atoms with Crippen molar-refractivity contribution >= 4 is 10.0 Å². The number of benzene rings is 3. The number of halogens is 1. The minimum absolute atomic E-state index is 0.162. The maximum Gasteiger partial charge on any atom is 0.240 e. The molecule has 33 heavy (non-hydrogen) atoms. The van der Waals surface area contributed by atoms with Crippen molar-refractivity contribution in [3.63, 3.8) is 0 Å². The predicted molar refractivity (Wildman–Crippen MR) is 124 cm³/mol. The van der Waals surface area contributed by atoms with Gasteiger partial charge < -0.3 is 9.47 Å². The fourth-order valence-electron chi connectivity index (χ4n) is 4.25. The van der Waals surface area contributed by atoms with Crippen LogP contribution < -0.4 is 14.2 Å². The molecule has 1 heterocycles. The lowest BCUT2D eigenvalue weighted by Gasteiger charge is -2.38. The Kier molecular flexibility index (Phi) is 6.97. The highest BCUT2D eigenvalue weighted by atomic mass is 32.2. The molecule has 0 radical (unpaired) electrons. The lowest BCUT2D eigenvalue weighted by atomic mass is 9.91. The molecular weight excluding hydrogens is 443 g/mol. The normalized spacial score (nSPS) is 16.3. The quantitative estimate of drug-likeness (QED) is 0.541. The number of nitrogens with zero attached hydrogens (tertiary/aromatic N) is 1. The highest BCUT2D eigenvalue weighted by Crippen LogP contribution is 2.38. The Morgan fingerprint density at radius 3 is 2.42 bits per heavy atom. The van der Waals surface area contributed by atoms with E-state index >= 15 is 0 Å². The Bertz CT molecular complexity index is 1220. The van der Waals surface area contributed by atoms with Crippen LogP contribution >= 0.6 is 0 Å². The molecule has 1 aliphatic rings. The predicted octanol–water partition coefficient (Wildman–Crippen LogP) is 3.92. The van der Waals surface area contributed by atoms with E-state index in [2.05, 4.69) is 9.62 Å². The fraction of sp³-hybridized carbons (Fsp3) is 0.280. The van der Waals surface area contributed by atoms with E-state index in [9.17, 15) is 12.8 Å². The summed E-state index contributed by atoms with van der Waals surface area (Å²) in [6.07, 6.45) is 0.757. The monoisotopic (exact) mass is 470 g/mol. The summed E-state index contributed by atoms with van der Waals surface area (Å²) in [6, 6.07) is 18.4. The van der Waals surface area contributed by atoms with Gasteiger partial charge in [-0.05, 0) is 59.5 Å². The summed E-state index contributed by atoms with van der Waals surface area (Å²) in [5.41, 5.74) is 2.87. The maximum atomic E-state index is 13.8. The van der Waals surface area contributed by atoms with Crippen LogP contribution in [0.15, 0.2) is 71.6 Å². The first-order chi connectivity index (χ1) is 15.9. The van der Waals surface area contributed by atoms with Crippen molar-refractivity contribution in [3.8, 4) is 11.5 Å². The van der Waals surface area contributed by atoms with Crippen LogP contribution in [0.25, 0.3) is 0 Å². The Hall–Kier alpha value is -2.94. The van der Waals surface area contributed by atoms with E-state index in [0.717, 1.165) is 23.1 Å². The van der Waals surface area contributed by atoms with E-state index in [0.29, 0.717) is 24.6 Å². The van der Waals surface area contributed by atoms with Gasteiger partial charge in [0, 0.05) is 25.7 Å². The van der Waals surface area contributed by atoms with Crippen molar-refractivity contribution in [2.45, 2.75) is 23.9 Å². The average Bonchev–Trinajstić information content (AvgIpc) is 2.83. The first-order valence-electron chi connectivity index (χ1n) is 10.7. The summed E-state index contributed by atoms with van der Waals surface area (Å²) < 4.78 is 53.3. The van der Waals surface area contributed by atoms with Gasteiger partial charge in [-0.2, -0.15) is 0 Å². The van der Waals surface area contributed by atoms with E-state index < -0.39 is 10.0 Å². The Labute approximate surface area is 194 Å². The molecule has 0 amide bonds. The van der Waals surface area contributed by atoms with Crippen molar-refractivity contribution < 1.29 is 22.3 Å². The zero-order valence-corrected chi connectivity index (χ0v) is 19.4. The number of fused-ring (bicyclic) bond motifs is 1. The number of sulfonamides is 1. The molecule has 0 aliphatic carbocycles. The number of hydrogen-bond donors (Lipinski definition) is 1. The zero-order chi connectivity index (χ0) is 23.4. The van der Waals surface area contributed by atoms with Crippen LogP contribution in [0.2, 0.25) is 0 Å². The van der Waals surface area contributed by atoms with Gasteiger partial charge in [0.25, 0.3) is 0 Å². The topological polar surface area (TPSA) is 67.9 Å². The van der Waals surface area contributed by atoms with Crippen LogP contribution in [0.3, 0.4) is 0 Å². The second-order valence-electron chi connectivity index (χ2n) is 7.94. The number of hydrogen-bond acceptors (Lipinski definition) is 5. The molecule has 1 atom stereocenters. The molecule has 0 bridgehead atoms. The minimum Gasteiger partial charge on any atom is -0.493 e. The average molecular weight is 471 g/mol. The van der Waals surface area contributed by atoms with Crippen LogP contribution in [0.4, 0.5) is 4.39 Å². The summed E-state index contributed by atoms with van der Waals surface area (Å²) in [4.78, 5) is 2.38. The van der Waals surface area contributed by atoms with Gasteiger partial charge in [0.05, 0.1) is 19.1 Å². The molecule has 1 N–H and O–H groups in total. The summed E-state index contributed by atoms with van der Waals surface area (Å²) in [6.45, 7) is 1.34. The number of ether oxygens (including phenoxy) is 2. The molecule has 3 aromatic carbocycles. The molecule has 8 heteroatoms. The number of nitrogens with one attached hydrogen (secondary N) is 1. The van der Waals surface area contributed by atoms with Crippen LogP contribution in [-0.2, 0) is 23.0 Å². The summed E-state index contributed by atoms with van der Waals surface area (Å²) >= 11 is 0. The SMILES string of the molecule is COc1cc2c(cc1OC)[C@@H](CNS(=O)(=O)c1ccccc1)N(Cc1cccc(F)c1)CC2. The molecule has 0 spiro atoms. The van der Waals surface area contributed by atoms with Crippen molar-refractivity contribution in [1.82, 2.24) is 9.62 Å². The first-order valence-corrected chi connectivity index (χ1v) is 12.2. The second-order valence-corrected chi connectivity index (χ2v) is 9.70. The van der Waals surface area contributed by atoms with Crippen molar-refractivity contribution in [2.75, 3.05) is 27.3 Å². The number of rotatable bonds is 8. The standard InChI is InChI=1S/C25H27FN2O4S/c1-31-24-14-19-11-12-28(17-18-7-6-8-20(26)13-18)23(22(19)15-25(24)32-2)16-27-33(29,30)21-9-4-3-5-10-21/h3-10,13-15,23,27H,11-12,16-17H2,1-2H3/t23-/m1/s1. The molecule has 1 aliphatic heterocycles. The fourth-order valence-corrected chi connectivity index (χ4v) is 5.31. The van der Waals surface area contributed by atoms with Gasteiger partial charge in [-0.25, -0.2) is 17.5 Å². The highest BCUT2D eigenvalue weighted by molar-refractivity contribution is 7.89. The molecule has 6 nitrogen and oxygen atoms in total. The Morgan fingerprint density at radius 1 is 1.00 bits per heavy atom. The lowest BCUT2D eigenvalue weighted by Crippen LogP contribution is -2.41. The summed E-state index contributed by atoms with van der Waals surface area (Å²) in [7, 11) is -0.520. The van der Waals surface area contributed by atoms with Gasteiger partial charge in [0.1, 0.15) is 5.82 Å². The Balaban J connectivity index is 1.67. The molecule has 0 aromatic heterocycles. The summed E-state index contributed by atoms with van der Waals surface area (Å²) in [5.74, 6) is 0.927.